The Morgan fingerprint density at radius 2 is 2.10 bits per heavy atom. The van der Waals surface area contributed by atoms with Crippen LogP contribution in [0.3, 0.4) is 0 Å². The summed E-state index contributed by atoms with van der Waals surface area (Å²) in [4.78, 5) is 14.2. The van der Waals surface area contributed by atoms with E-state index in [2.05, 4.69) is 25.1 Å². The second-order valence-corrected chi connectivity index (χ2v) is 5.73. The molecule has 0 aliphatic carbocycles. The smallest absolute Gasteiger partial charge is 0.222 e. The lowest BCUT2D eigenvalue weighted by Gasteiger charge is -2.29. The molecule has 106 valence electrons. The summed E-state index contributed by atoms with van der Waals surface area (Å²) in [5.41, 5.74) is 1.19. The van der Waals surface area contributed by atoms with E-state index in [-0.39, 0.29) is 11.9 Å². The number of amides is 1. The topological polar surface area (TPSA) is 44.1 Å². The Morgan fingerprint density at radius 1 is 1.35 bits per heavy atom. The lowest BCUT2D eigenvalue weighted by molar-refractivity contribution is -0.132. The number of carbonyl (C=O) groups is 1. The van der Waals surface area contributed by atoms with Gasteiger partial charge in [0.25, 0.3) is 0 Å². The van der Waals surface area contributed by atoms with Crippen LogP contribution >= 0.6 is 0 Å². The summed E-state index contributed by atoms with van der Waals surface area (Å²) < 4.78 is 0. The summed E-state index contributed by atoms with van der Waals surface area (Å²) in [5, 5.41) is 9.07. The summed E-state index contributed by atoms with van der Waals surface area (Å²) in [5.74, 6) is 0.814. The van der Waals surface area contributed by atoms with Crippen molar-refractivity contribution >= 4 is 5.91 Å². The number of hydrogen-bond acceptors (Lipinski definition) is 2. The Hall–Kier alpha value is -1.82. The average molecular weight is 270 g/mol. The van der Waals surface area contributed by atoms with Crippen LogP contribution in [0.2, 0.25) is 0 Å². The fraction of sp³-hybridized carbons (Fsp3) is 0.529. The minimum Gasteiger partial charge on any atom is -0.338 e. The minimum absolute atomic E-state index is 0.0141. The van der Waals surface area contributed by atoms with Gasteiger partial charge in [0.15, 0.2) is 0 Å². The second-order valence-electron chi connectivity index (χ2n) is 5.73. The van der Waals surface area contributed by atoms with Crippen molar-refractivity contribution in [3.05, 3.63) is 35.9 Å². The molecule has 2 rings (SSSR count). The molecule has 1 amide bonds. The van der Waals surface area contributed by atoms with Gasteiger partial charge in [-0.05, 0) is 30.7 Å². The van der Waals surface area contributed by atoms with Crippen LogP contribution in [0.25, 0.3) is 0 Å². The van der Waals surface area contributed by atoms with Gasteiger partial charge in [0.2, 0.25) is 5.91 Å². The molecule has 0 radical (unpaired) electrons. The van der Waals surface area contributed by atoms with E-state index < -0.39 is 0 Å². The molecule has 1 saturated heterocycles. The van der Waals surface area contributed by atoms with E-state index in [1.165, 1.54) is 5.56 Å². The van der Waals surface area contributed by atoms with E-state index >= 15 is 0 Å². The van der Waals surface area contributed by atoms with Gasteiger partial charge < -0.3 is 4.90 Å². The molecule has 0 aromatic heterocycles. The van der Waals surface area contributed by atoms with Gasteiger partial charge in [-0.2, -0.15) is 5.26 Å². The highest BCUT2D eigenvalue weighted by molar-refractivity contribution is 5.76. The molecule has 0 N–H and O–H groups in total. The maximum absolute atomic E-state index is 12.3. The third-order valence-electron chi connectivity index (χ3n) is 4.12. The van der Waals surface area contributed by atoms with Crippen LogP contribution in [0.5, 0.6) is 0 Å². The van der Waals surface area contributed by atoms with Crippen molar-refractivity contribution in [3.8, 4) is 6.07 Å². The molecule has 1 heterocycles. The lowest BCUT2D eigenvalue weighted by Crippen LogP contribution is -2.41. The third-order valence-corrected chi connectivity index (χ3v) is 4.12. The number of hydrogen-bond donors (Lipinski definition) is 0. The van der Waals surface area contributed by atoms with Gasteiger partial charge >= 0.3 is 0 Å². The van der Waals surface area contributed by atoms with Crippen LogP contribution in [0, 0.1) is 17.2 Å². The van der Waals surface area contributed by atoms with Gasteiger partial charge in [-0.1, -0.05) is 37.3 Å². The van der Waals surface area contributed by atoms with E-state index in [0.29, 0.717) is 18.8 Å². The standard InChI is InChI=1S/C17H22N2O/c1-14-7-8-17(20)19(12-10-14)16(9-11-18)13-15-5-3-2-4-6-15/h2-6,14,16H,7-10,12-13H2,1H3/t14-,16+/m0/s1. The van der Waals surface area contributed by atoms with Crippen molar-refractivity contribution in [3.63, 3.8) is 0 Å². The van der Waals surface area contributed by atoms with E-state index in [4.69, 9.17) is 5.26 Å². The fourth-order valence-electron chi connectivity index (χ4n) is 2.81. The molecule has 0 unspecified atom stereocenters. The molecular weight excluding hydrogens is 248 g/mol. The van der Waals surface area contributed by atoms with Crippen LogP contribution in [-0.2, 0) is 11.2 Å². The molecule has 0 spiro atoms. The van der Waals surface area contributed by atoms with Gasteiger partial charge in [-0.25, -0.2) is 0 Å². The predicted molar refractivity (Wildman–Crippen MR) is 78.9 cm³/mol. The summed E-state index contributed by atoms with van der Waals surface area (Å²) >= 11 is 0. The highest BCUT2D eigenvalue weighted by Crippen LogP contribution is 2.22. The Morgan fingerprint density at radius 3 is 2.80 bits per heavy atom. The SMILES string of the molecule is C[C@H]1CCC(=O)N([C@H](CC#N)Cc2ccccc2)CC1. The van der Waals surface area contributed by atoms with Gasteiger partial charge in [-0.3, -0.25) is 4.79 Å². The first kappa shape index (κ1) is 14.6. The van der Waals surface area contributed by atoms with Crippen LogP contribution in [0.4, 0.5) is 0 Å². The monoisotopic (exact) mass is 270 g/mol. The van der Waals surface area contributed by atoms with Gasteiger partial charge in [0, 0.05) is 19.0 Å². The number of benzene rings is 1. The fourth-order valence-corrected chi connectivity index (χ4v) is 2.81. The zero-order valence-electron chi connectivity index (χ0n) is 12.1. The van der Waals surface area contributed by atoms with Gasteiger partial charge in [-0.15, -0.1) is 0 Å². The molecular formula is C17H22N2O. The number of nitrogens with zero attached hydrogens (tertiary/aromatic N) is 2. The highest BCUT2D eigenvalue weighted by atomic mass is 16.2. The van der Waals surface area contributed by atoms with Crippen LogP contribution < -0.4 is 0 Å². The maximum Gasteiger partial charge on any atom is 0.222 e. The lowest BCUT2D eigenvalue weighted by atomic mass is 10.0. The molecule has 1 aliphatic rings. The molecule has 1 aromatic carbocycles. The first-order valence-electron chi connectivity index (χ1n) is 7.41. The van der Waals surface area contributed by atoms with Crippen LogP contribution in [0.15, 0.2) is 30.3 Å². The number of nitriles is 1. The van der Waals surface area contributed by atoms with Crippen molar-refractivity contribution in [1.82, 2.24) is 4.90 Å². The van der Waals surface area contributed by atoms with E-state index in [1.807, 2.05) is 23.1 Å². The Balaban J connectivity index is 2.11. The Labute approximate surface area is 121 Å². The minimum atomic E-state index is 0.0141. The van der Waals surface area contributed by atoms with E-state index in [0.717, 1.165) is 25.8 Å². The Bertz CT molecular complexity index is 478. The van der Waals surface area contributed by atoms with Crippen molar-refractivity contribution in [1.29, 1.82) is 5.26 Å². The predicted octanol–water partition coefficient (Wildman–Crippen LogP) is 3.16. The van der Waals surface area contributed by atoms with Crippen molar-refractivity contribution in [2.24, 2.45) is 5.92 Å². The molecule has 0 bridgehead atoms. The van der Waals surface area contributed by atoms with E-state index in [1.54, 1.807) is 0 Å². The van der Waals surface area contributed by atoms with Crippen LogP contribution in [-0.4, -0.2) is 23.4 Å². The molecule has 3 nitrogen and oxygen atoms in total. The molecule has 1 aromatic rings. The zero-order chi connectivity index (χ0) is 14.4. The molecule has 0 saturated carbocycles. The number of likely N-dealkylation sites (tertiary alicyclic amines) is 1. The molecule has 1 fully saturated rings. The average Bonchev–Trinajstić information content (AvgIpc) is 2.62. The molecule has 20 heavy (non-hydrogen) atoms. The number of carbonyl (C=O) groups excluding carboxylic acids is 1. The zero-order valence-corrected chi connectivity index (χ0v) is 12.1. The molecule has 1 aliphatic heterocycles. The summed E-state index contributed by atoms with van der Waals surface area (Å²) in [6.07, 6.45) is 3.82. The molecule has 3 heteroatoms. The second kappa shape index (κ2) is 7.09. The summed E-state index contributed by atoms with van der Waals surface area (Å²) in [6.45, 7) is 2.99. The largest absolute Gasteiger partial charge is 0.338 e. The van der Waals surface area contributed by atoms with Crippen molar-refractivity contribution < 1.29 is 4.79 Å². The summed E-state index contributed by atoms with van der Waals surface area (Å²) in [6, 6.07) is 12.4. The number of rotatable bonds is 4. The first-order chi connectivity index (χ1) is 9.70. The quantitative estimate of drug-likeness (QED) is 0.843. The normalized spacial score (nSPS) is 21.1. The highest BCUT2D eigenvalue weighted by Gasteiger charge is 2.26. The Kier molecular flexibility index (Phi) is 5.17. The van der Waals surface area contributed by atoms with Crippen LogP contribution in [0.1, 0.15) is 38.2 Å². The van der Waals surface area contributed by atoms with Gasteiger partial charge in [0.1, 0.15) is 0 Å². The maximum atomic E-state index is 12.3. The van der Waals surface area contributed by atoms with Gasteiger partial charge in [0.05, 0.1) is 12.5 Å². The first-order valence-corrected chi connectivity index (χ1v) is 7.41. The summed E-state index contributed by atoms with van der Waals surface area (Å²) in [7, 11) is 0. The third kappa shape index (κ3) is 3.84. The van der Waals surface area contributed by atoms with E-state index in [9.17, 15) is 4.79 Å². The van der Waals surface area contributed by atoms with Crippen molar-refractivity contribution in [2.75, 3.05) is 6.54 Å². The van der Waals surface area contributed by atoms with Crippen molar-refractivity contribution in [2.45, 2.75) is 45.1 Å². The molecule has 2 atom stereocenters.